The molecule has 1 amide bonds. The summed E-state index contributed by atoms with van der Waals surface area (Å²) in [4.78, 5) is 11.5. The van der Waals surface area contributed by atoms with Crippen LogP contribution in [0, 0.1) is 0 Å². The van der Waals surface area contributed by atoms with Crippen molar-refractivity contribution < 1.29 is 9.53 Å². The van der Waals surface area contributed by atoms with E-state index in [0.717, 1.165) is 19.3 Å². The van der Waals surface area contributed by atoms with E-state index in [2.05, 4.69) is 18.5 Å². The van der Waals surface area contributed by atoms with Gasteiger partial charge in [0.15, 0.2) is 0 Å². The summed E-state index contributed by atoms with van der Waals surface area (Å²) >= 11 is 0. The first kappa shape index (κ1) is 14.8. The summed E-state index contributed by atoms with van der Waals surface area (Å²) in [5.41, 5.74) is -0.457. The van der Waals surface area contributed by atoms with Crippen LogP contribution < -0.4 is 5.32 Å². The first-order valence-corrected chi connectivity index (χ1v) is 5.60. The van der Waals surface area contributed by atoms with E-state index in [-0.39, 0.29) is 12.1 Å². The van der Waals surface area contributed by atoms with Crippen molar-refractivity contribution >= 4 is 6.09 Å². The smallest absolute Gasteiger partial charge is 0.407 e. The summed E-state index contributed by atoms with van der Waals surface area (Å²) in [5, 5.41) is 2.83. The molecule has 0 spiro atoms. The van der Waals surface area contributed by atoms with Gasteiger partial charge in [-0.15, -0.1) is 13.2 Å². The second-order valence-electron chi connectivity index (χ2n) is 4.73. The Kier molecular flexibility index (Phi) is 6.54. The van der Waals surface area contributed by atoms with Crippen molar-refractivity contribution in [1.29, 1.82) is 0 Å². The van der Waals surface area contributed by atoms with Crippen LogP contribution in [-0.2, 0) is 4.74 Å². The van der Waals surface area contributed by atoms with E-state index < -0.39 is 5.60 Å². The highest BCUT2D eigenvalue weighted by molar-refractivity contribution is 5.68. The van der Waals surface area contributed by atoms with Gasteiger partial charge in [0.25, 0.3) is 0 Å². The minimum absolute atomic E-state index is 0.0744. The highest BCUT2D eigenvalue weighted by Crippen LogP contribution is 2.09. The molecule has 1 atom stereocenters. The van der Waals surface area contributed by atoms with Crippen LogP contribution >= 0.6 is 0 Å². The number of allylic oxidation sites excluding steroid dienone is 1. The lowest BCUT2D eigenvalue weighted by Crippen LogP contribution is -2.38. The zero-order valence-electron chi connectivity index (χ0n) is 10.6. The Morgan fingerprint density at radius 3 is 2.44 bits per heavy atom. The van der Waals surface area contributed by atoms with E-state index in [1.807, 2.05) is 26.8 Å². The molecule has 1 unspecified atom stereocenters. The van der Waals surface area contributed by atoms with Crippen molar-refractivity contribution in [3.63, 3.8) is 0 Å². The van der Waals surface area contributed by atoms with Gasteiger partial charge in [-0.1, -0.05) is 12.2 Å². The minimum Gasteiger partial charge on any atom is -0.444 e. The van der Waals surface area contributed by atoms with E-state index in [4.69, 9.17) is 4.74 Å². The summed E-state index contributed by atoms with van der Waals surface area (Å²) in [6.45, 7) is 12.9. The fourth-order valence-corrected chi connectivity index (χ4v) is 1.24. The molecule has 16 heavy (non-hydrogen) atoms. The largest absolute Gasteiger partial charge is 0.444 e. The lowest BCUT2D eigenvalue weighted by molar-refractivity contribution is 0.0502. The molecule has 92 valence electrons. The number of ether oxygens (including phenoxy) is 1. The Bertz CT molecular complexity index is 241. The topological polar surface area (TPSA) is 38.3 Å². The summed E-state index contributed by atoms with van der Waals surface area (Å²) < 4.78 is 5.18. The molecule has 0 saturated carbocycles. The van der Waals surface area contributed by atoms with Crippen LogP contribution in [0.1, 0.15) is 40.0 Å². The van der Waals surface area contributed by atoms with Gasteiger partial charge in [-0.3, -0.25) is 0 Å². The zero-order valence-corrected chi connectivity index (χ0v) is 10.6. The van der Waals surface area contributed by atoms with Crippen LogP contribution in [0.25, 0.3) is 0 Å². The van der Waals surface area contributed by atoms with E-state index >= 15 is 0 Å². The van der Waals surface area contributed by atoms with Gasteiger partial charge in [-0.25, -0.2) is 4.79 Å². The van der Waals surface area contributed by atoms with Crippen molar-refractivity contribution in [2.24, 2.45) is 0 Å². The molecule has 0 heterocycles. The van der Waals surface area contributed by atoms with Crippen LogP contribution in [0.2, 0.25) is 0 Å². The van der Waals surface area contributed by atoms with Crippen molar-refractivity contribution in [2.75, 3.05) is 0 Å². The molecule has 0 rings (SSSR count). The quantitative estimate of drug-likeness (QED) is 0.703. The van der Waals surface area contributed by atoms with E-state index in [9.17, 15) is 4.79 Å². The van der Waals surface area contributed by atoms with Crippen LogP contribution in [0.5, 0.6) is 0 Å². The number of hydrogen-bond acceptors (Lipinski definition) is 2. The molecule has 0 radical (unpaired) electrons. The Morgan fingerprint density at radius 1 is 1.38 bits per heavy atom. The predicted molar refractivity (Wildman–Crippen MR) is 67.4 cm³/mol. The fraction of sp³-hybridized carbons (Fsp3) is 0.615. The van der Waals surface area contributed by atoms with Crippen molar-refractivity contribution in [3.8, 4) is 0 Å². The highest BCUT2D eigenvalue weighted by Gasteiger charge is 2.18. The number of carbonyl (C=O) groups excluding carboxylic acids is 1. The highest BCUT2D eigenvalue weighted by atomic mass is 16.6. The summed E-state index contributed by atoms with van der Waals surface area (Å²) in [5.74, 6) is 0. The standard InChI is InChI=1S/C13H23NO2/c1-6-8-10-11(9-7-2)14-12(15)16-13(3,4)5/h6-7,11H,1-2,8-10H2,3-5H3,(H,14,15). The molecule has 1 N–H and O–H groups in total. The van der Waals surface area contributed by atoms with Gasteiger partial charge in [0, 0.05) is 6.04 Å². The third-order valence-corrected chi connectivity index (χ3v) is 1.89. The molecule has 0 aliphatic rings. The van der Waals surface area contributed by atoms with Gasteiger partial charge in [0.1, 0.15) is 5.60 Å². The van der Waals surface area contributed by atoms with Crippen LogP contribution in [0.15, 0.2) is 25.3 Å². The van der Waals surface area contributed by atoms with Crippen LogP contribution in [0.3, 0.4) is 0 Å². The van der Waals surface area contributed by atoms with Gasteiger partial charge in [-0.05, 0) is 40.0 Å². The Hall–Kier alpha value is -1.25. The molecule has 0 bridgehead atoms. The van der Waals surface area contributed by atoms with E-state index in [0.29, 0.717) is 0 Å². The third-order valence-electron chi connectivity index (χ3n) is 1.89. The first-order valence-electron chi connectivity index (χ1n) is 5.60. The second kappa shape index (κ2) is 7.09. The molecule has 0 aliphatic heterocycles. The maximum absolute atomic E-state index is 11.5. The molecular formula is C13H23NO2. The van der Waals surface area contributed by atoms with Crippen molar-refractivity contribution in [1.82, 2.24) is 5.32 Å². The molecule has 0 saturated heterocycles. The number of nitrogens with one attached hydrogen (secondary N) is 1. The lowest BCUT2D eigenvalue weighted by atomic mass is 10.1. The summed E-state index contributed by atoms with van der Waals surface area (Å²) in [7, 11) is 0. The lowest BCUT2D eigenvalue weighted by Gasteiger charge is -2.22. The number of alkyl carbamates (subject to hydrolysis) is 1. The summed E-state index contributed by atoms with van der Waals surface area (Å²) in [6, 6.07) is 0.0744. The molecule has 0 aliphatic carbocycles. The van der Waals surface area contributed by atoms with Crippen molar-refractivity contribution in [3.05, 3.63) is 25.3 Å². The fourth-order valence-electron chi connectivity index (χ4n) is 1.24. The Morgan fingerprint density at radius 2 is 2.00 bits per heavy atom. The van der Waals surface area contributed by atoms with E-state index in [1.165, 1.54) is 0 Å². The number of hydrogen-bond donors (Lipinski definition) is 1. The number of carbonyl (C=O) groups is 1. The molecule has 0 aromatic heterocycles. The zero-order chi connectivity index (χ0) is 12.6. The molecular weight excluding hydrogens is 202 g/mol. The molecule has 0 fully saturated rings. The van der Waals surface area contributed by atoms with Crippen LogP contribution in [0.4, 0.5) is 4.79 Å². The first-order chi connectivity index (χ1) is 7.39. The monoisotopic (exact) mass is 225 g/mol. The number of amides is 1. The second-order valence-corrected chi connectivity index (χ2v) is 4.73. The predicted octanol–water partition coefficient (Wildman–Crippen LogP) is 3.42. The van der Waals surface area contributed by atoms with E-state index in [1.54, 1.807) is 6.08 Å². The molecule has 3 nitrogen and oxygen atoms in total. The molecule has 0 aromatic carbocycles. The molecule has 0 aromatic rings. The van der Waals surface area contributed by atoms with Crippen LogP contribution in [-0.4, -0.2) is 17.7 Å². The third kappa shape index (κ3) is 8.09. The van der Waals surface area contributed by atoms with Gasteiger partial charge in [0.05, 0.1) is 0 Å². The van der Waals surface area contributed by atoms with Gasteiger partial charge in [0.2, 0.25) is 0 Å². The Labute approximate surface area is 98.6 Å². The maximum atomic E-state index is 11.5. The maximum Gasteiger partial charge on any atom is 0.407 e. The molecule has 3 heteroatoms. The Balaban J connectivity index is 4.11. The van der Waals surface area contributed by atoms with Gasteiger partial charge < -0.3 is 10.1 Å². The average Bonchev–Trinajstić information content (AvgIpc) is 2.11. The SMILES string of the molecule is C=CCCC(CC=C)NC(=O)OC(C)(C)C. The van der Waals surface area contributed by atoms with Gasteiger partial charge >= 0.3 is 6.09 Å². The summed E-state index contributed by atoms with van der Waals surface area (Å²) in [6.07, 6.45) is 5.73. The van der Waals surface area contributed by atoms with Crippen molar-refractivity contribution in [2.45, 2.75) is 51.7 Å². The minimum atomic E-state index is -0.457. The normalized spacial score (nSPS) is 12.7. The average molecular weight is 225 g/mol. The number of rotatable bonds is 6. The van der Waals surface area contributed by atoms with Gasteiger partial charge in [-0.2, -0.15) is 0 Å².